The molecule has 30 aromatic rings. The molecule has 0 spiro atoms. The van der Waals surface area contributed by atoms with Gasteiger partial charge in [0.1, 0.15) is 17.5 Å². The molecular weight excluding hydrogens is 1820 g/mol. The van der Waals surface area contributed by atoms with Gasteiger partial charge in [0.2, 0.25) is 0 Å². The highest BCUT2D eigenvalue weighted by atomic mass is 15.1. The lowest BCUT2D eigenvalue weighted by molar-refractivity contribution is 1.08. The van der Waals surface area contributed by atoms with Gasteiger partial charge in [-0.05, 0) is 255 Å². The largest absolute Gasteiger partial charge is 0.309 e. The maximum absolute atomic E-state index is 5.15. The van der Waals surface area contributed by atoms with Crippen LogP contribution in [0.2, 0.25) is 0 Å². The van der Waals surface area contributed by atoms with Gasteiger partial charge in [0.15, 0.2) is 0 Å². The zero-order valence-corrected chi connectivity index (χ0v) is 81.7. The zero-order chi connectivity index (χ0) is 99.1. The maximum atomic E-state index is 5.15. The molecule has 0 unspecified atom stereocenters. The van der Waals surface area contributed by atoms with Gasteiger partial charge < -0.3 is 13.7 Å². The zero-order valence-electron chi connectivity index (χ0n) is 81.7. The van der Waals surface area contributed by atoms with Crippen molar-refractivity contribution in [1.29, 1.82) is 0 Å². The third-order valence-electron chi connectivity index (χ3n) is 29.8. The van der Waals surface area contributed by atoms with Crippen molar-refractivity contribution < 1.29 is 0 Å². The Balaban J connectivity index is 0.000000108. The molecule has 0 aliphatic rings. The minimum Gasteiger partial charge on any atom is -0.309 e. The number of rotatable bonds is 15. The number of fused-ring (bicyclic) bond motifs is 18. The topological polar surface area (TPSA) is 68.2 Å². The molecular formula is C141H93N9. The van der Waals surface area contributed by atoms with E-state index in [0.717, 1.165) is 84.3 Å². The first-order valence-electron chi connectivity index (χ1n) is 51.2. The molecule has 0 atom stereocenters. The predicted molar refractivity (Wildman–Crippen MR) is 628 cm³/mol. The summed E-state index contributed by atoms with van der Waals surface area (Å²) >= 11 is 0. The van der Waals surface area contributed by atoms with E-state index < -0.39 is 0 Å². The highest BCUT2D eigenvalue weighted by Gasteiger charge is 2.24. The number of hydrogen-bond donors (Lipinski definition) is 0. The molecule has 0 radical (unpaired) electrons. The fraction of sp³-hybridized carbons (Fsp3) is 0. The number of aromatic nitrogens is 9. The van der Waals surface area contributed by atoms with Crippen LogP contribution >= 0.6 is 0 Å². The summed E-state index contributed by atoms with van der Waals surface area (Å²) in [6.07, 6.45) is 0. The fourth-order valence-corrected chi connectivity index (χ4v) is 22.9. The molecule has 9 heterocycles. The van der Waals surface area contributed by atoms with Gasteiger partial charge >= 0.3 is 0 Å². The van der Waals surface area contributed by atoms with Crippen molar-refractivity contribution in [2.75, 3.05) is 0 Å². The molecule has 0 bridgehead atoms. The van der Waals surface area contributed by atoms with Crippen molar-refractivity contribution in [2.45, 2.75) is 0 Å². The van der Waals surface area contributed by atoms with E-state index in [2.05, 4.69) is 573 Å². The van der Waals surface area contributed by atoms with Crippen LogP contribution in [-0.2, 0) is 0 Å². The molecule has 0 saturated carbocycles. The van der Waals surface area contributed by atoms with Gasteiger partial charge in [-0.15, -0.1) is 0 Å². The molecule has 30 rings (SSSR count). The number of benzene rings is 21. The van der Waals surface area contributed by atoms with Crippen molar-refractivity contribution in [3.8, 4) is 135 Å². The molecule has 9 nitrogen and oxygen atoms in total. The maximum Gasteiger partial charge on any atom is 0.138 e. The molecule has 21 aromatic carbocycles. The van der Waals surface area contributed by atoms with Gasteiger partial charge in [-0.3, -0.25) is 13.7 Å². The number of para-hydroxylation sites is 9. The molecule has 0 aliphatic carbocycles. The summed E-state index contributed by atoms with van der Waals surface area (Å²) in [6.45, 7) is 0. The summed E-state index contributed by atoms with van der Waals surface area (Å²) in [4.78, 5) is 15.4. The van der Waals surface area contributed by atoms with Crippen LogP contribution in [0.4, 0.5) is 0 Å². The summed E-state index contributed by atoms with van der Waals surface area (Å²) in [7, 11) is 0. The second-order valence-electron chi connectivity index (χ2n) is 38.5. The quantitative estimate of drug-likeness (QED) is 0.103. The van der Waals surface area contributed by atoms with E-state index in [0.29, 0.717) is 0 Å². The van der Waals surface area contributed by atoms with Gasteiger partial charge in [-0.2, -0.15) is 0 Å². The van der Waals surface area contributed by atoms with Gasteiger partial charge in [0, 0.05) is 98.4 Å². The highest BCUT2D eigenvalue weighted by molar-refractivity contribution is 6.17. The molecule has 702 valence electrons. The Hall–Kier alpha value is -20.1. The number of hydrogen-bond acceptors (Lipinski definition) is 3. The first kappa shape index (κ1) is 87.6. The standard InChI is InChI=1S/3C47H31N3/c1-3-13-32(14-4-1)42-21-12-24-47(48-42)50-44-23-10-8-20-39(44)41-31-36(26-28-46(41)50)34-16-11-15-33(29-34)35-25-27-45-40(30-35)38-19-7-9-22-43(38)49(45)37-17-5-2-6-18-37;1-3-12-34(13-4-1)42-18-11-21-47(48-42)50-44-20-10-8-17-39(44)41-31-36(27-29-46(41)50)33-24-22-32(23-25-33)35-26-28-45-40(30-35)38-16-7-9-19-43(38)49(45)37-14-5-2-6-15-37;1-3-14-32(15-4-1)42-22-13-25-47(48-42)50-44-24-12-10-21-39(44)41-31-34(27-29-46(41)50)37-19-8-7-18-36(37)33-26-28-45-40(30-33)38-20-9-11-23-43(38)49(45)35-16-5-2-6-17-35/h3*1-31H. The Morgan fingerprint density at radius 2 is 0.293 bits per heavy atom. The lowest BCUT2D eigenvalue weighted by atomic mass is 9.93. The molecule has 9 heteroatoms. The molecule has 0 fully saturated rings. The average molecular weight is 1910 g/mol. The SMILES string of the molecule is c1ccc(-c2cccc(-n3c4ccccc4c4cc(-c5ccc(-c6ccc7c(c6)c6ccccc6n7-c6ccccc6)cc5)ccc43)n2)cc1.c1ccc(-c2cccc(-n3c4ccccc4c4cc(-c5cccc(-c6ccc7c(c6)c6ccccc6n7-c6ccccc6)c5)ccc43)n2)cc1.c1ccc(-c2cccc(-n3c4ccccc4c4cc(-c5ccccc5-c5ccc6c(c5)c5ccccc5n6-c5ccccc5)ccc43)n2)cc1. The van der Waals surface area contributed by atoms with Gasteiger partial charge in [0.05, 0.1) is 83.3 Å². The van der Waals surface area contributed by atoms with Crippen molar-refractivity contribution in [3.05, 3.63) is 564 Å². The van der Waals surface area contributed by atoms with E-state index in [1.54, 1.807) is 0 Å². The third kappa shape index (κ3) is 15.5. The molecule has 0 aliphatic heterocycles. The Bertz CT molecular complexity index is 10500. The first-order valence-corrected chi connectivity index (χ1v) is 51.2. The smallest absolute Gasteiger partial charge is 0.138 e. The van der Waals surface area contributed by atoms with Crippen LogP contribution in [0.5, 0.6) is 0 Å². The van der Waals surface area contributed by atoms with Crippen LogP contribution < -0.4 is 0 Å². The van der Waals surface area contributed by atoms with Gasteiger partial charge in [-0.25, -0.2) is 15.0 Å². The Kier molecular flexibility index (Phi) is 21.8. The highest BCUT2D eigenvalue weighted by Crippen LogP contribution is 2.46. The Morgan fingerprint density at radius 1 is 0.107 bits per heavy atom. The summed E-state index contributed by atoms with van der Waals surface area (Å²) in [5.74, 6) is 2.74. The van der Waals surface area contributed by atoms with Crippen molar-refractivity contribution in [2.24, 2.45) is 0 Å². The minimum absolute atomic E-state index is 0.911. The molecule has 9 aromatic heterocycles. The average Bonchev–Trinajstić information content (AvgIpc) is 1.58. The predicted octanol–water partition coefficient (Wildman–Crippen LogP) is 36.8. The molecule has 150 heavy (non-hydrogen) atoms. The van der Waals surface area contributed by atoms with Crippen LogP contribution in [0.3, 0.4) is 0 Å². The van der Waals surface area contributed by atoms with E-state index >= 15 is 0 Å². The van der Waals surface area contributed by atoms with Crippen LogP contribution in [0.15, 0.2) is 564 Å². The summed E-state index contributed by atoms with van der Waals surface area (Å²) in [5, 5.41) is 14.8. The number of pyridine rings is 3. The van der Waals surface area contributed by atoms with E-state index in [1.165, 1.54) is 182 Å². The summed E-state index contributed by atoms with van der Waals surface area (Å²) < 4.78 is 14.0. The van der Waals surface area contributed by atoms with Crippen LogP contribution in [0, 0.1) is 0 Å². The van der Waals surface area contributed by atoms with E-state index in [1.807, 2.05) is 18.2 Å². The molecule has 0 amide bonds. The van der Waals surface area contributed by atoms with E-state index in [-0.39, 0.29) is 0 Å². The fourth-order valence-electron chi connectivity index (χ4n) is 22.9. The number of nitrogens with zero attached hydrogens (tertiary/aromatic N) is 9. The van der Waals surface area contributed by atoms with Gasteiger partial charge in [0.25, 0.3) is 0 Å². The van der Waals surface area contributed by atoms with Gasteiger partial charge in [-0.1, -0.05) is 376 Å². The van der Waals surface area contributed by atoms with Crippen molar-refractivity contribution in [3.63, 3.8) is 0 Å². The lowest BCUT2D eigenvalue weighted by Crippen LogP contribution is -1.98. The third-order valence-corrected chi connectivity index (χ3v) is 29.8. The normalized spacial score (nSPS) is 11.6. The summed E-state index contributed by atoms with van der Waals surface area (Å²) in [5.41, 5.74) is 38.3. The van der Waals surface area contributed by atoms with E-state index in [9.17, 15) is 0 Å². The van der Waals surface area contributed by atoms with Crippen molar-refractivity contribution in [1.82, 2.24) is 42.4 Å². The van der Waals surface area contributed by atoms with Crippen LogP contribution in [0.25, 0.3) is 266 Å². The van der Waals surface area contributed by atoms with Crippen LogP contribution in [0.1, 0.15) is 0 Å². The lowest BCUT2D eigenvalue weighted by Gasteiger charge is -2.12. The molecule has 0 saturated heterocycles. The molecule has 0 N–H and O–H groups in total. The van der Waals surface area contributed by atoms with Crippen LogP contribution in [-0.4, -0.2) is 42.4 Å². The second-order valence-corrected chi connectivity index (χ2v) is 38.5. The minimum atomic E-state index is 0.911. The monoisotopic (exact) mass is 1910 g/mol. The second kappa shape index (κ2) is 37.2. The van der Waals surface area contributed by atoms with Crippen molar-refractivity contribution >= 4 is 131 Å². The Morgan fingerprint density at radius 3 is 0.573 bits per heavy atom. The Labute approximate surface area is 866 Å². The van der Waals surface area contributed by atoms with E-state index in [4.69, 9.17) is 15.0 Å². The first-order chi connectivity index (χ1) is 74.4. The summed E-state index contributed by atoms with van der Waals surface area (Å²) in [6, 6.07) is 202.